The van der Waals surface area contributed by atoms with Crippen molar-refractivity contribution in [2.75, 3.05) is 23.5 Å². The van der Waals surface area contributed by atoms with Gasteiger partial charge in [0.1, 0.15) is 18.1 Å². The maximum Gasteiger partial charge on any atom is 0.326 e. The van der Waals surface area contributed by atoms with Crippen LogP contribution >= 0.6 is 37.0 Å². The van der Waals surface area contributed by atoms with Gasteiger partial charge >= 0.3 is 5.97 Å². The van der Waals surface area contributed by atoms with Gasteiger partial charge in [0.05, 0.1) is 6.04 Å². The van der Waals surface area contributed by atoms with E-state index >= 15 is 0 Å². The molecule has 0 radical (unpaired) electrons. The van der Waals surface area contributed by atoms with Gasteiger partial charge in [-0.05, 0) is 30.8 Å². The molecule has 0 aromatic rings. The lowest BCUT2D eigenvalue weighted by atomic mass is 10.0. The third-order valence-electron chi connectivity index (χ3n) is 3.91. The Morgan fingerprint density at radius 1 is 0.931 bits per heavy atom. The van der Waals surface area contributed by atoms with Crippen LogP contribution in [0.5, 0.6) is 0 Å². The average molecular weight is 469 g/mol. The Balaban J connectivity index is 5.13. The first-order valence-corrected chi connectivity index (χ1v) is 11.8. The van der Waals surface area contributed by atoms with Crippen molar-refractivity contribution < 1.29 is 24.3 Å². The van der Waals surface area contributed by atoms with Gasteiger partial charge in [-0.1, -0.05) is 13.8 Å². The summed E-state index contributed by atoms with van der Waals surface area (Å²) >= 11 is 9.52. The molecule has 0 rings (SSSR count). The van der Waals surface area contributed by atoms with Crippen molar-refractivity contribution in [3.05, 3.63) is 0 Å². The fourth-order valence-corrected chi connectivity index (χ4v) is 3.19. The summed E-state index contributed by atoms with van der Waals surface area (Å²) in [5, 5.41) is 16.8. The van der Waals surface area contributed by atoms with Crippen molar-refractivity contribution in [3.63, 3.8) is 0 Å². The highest BCUT2D eigenvalue weighted by atomic mass is 32.2. The van der Waals surface area contributed by atoms with Crippen molar-refractivity contribution in [3.8, 4) is 0 Å². The smallest absolute Gasteiger partial charge is 0.326 e. The first kappa shape index (κ1) is 27.9. The molecule has 0 aromatic heterocycles. The van der Waals surface area contributed by atoms with E-state index in [1.54, 1.807) is 0 Å². The Hall–Kier alpha value is -1.11. The third kappa shape index (κ3) is 11.0. The van der Waals surface area contributed by atoms with Crippen LogP contribution in [0.4, 0.5) is 0 Å². The molecule has 4 unspecified atom stereocenters. The van der Waals surface area contributed by atoms with Gasteiger partial charge in [0, 0.05) is 11.5 Å². The summed E-state index contributed by atoms with van der Waals surface area (Å²) in [4.78, 5) is 48.5. The minimum Gasteiger partial charge on any atom is -0.480 e. The van der Waals surface area contributed by atoms with Crippen LogP contribution in [-0.4, -0.2) is 76.5 Å². The van der Waals surface area contributed by atoms with E-state index in [4.69, 9.17) is 5.73 Å². The number of rotatable bonds is 14. The molecule has 0 aliphatic rings. The predicted octanol–water partition coefficient (Wildman–Crippen LogP) is -0.488. The molecule has 12 heteroatoms. The second-order valence-corrected chi connectivity index (χ2v) is 8.62. The summed E-state index contributed by atoms with van der Waals surface area (Å²) in [6.45, 7) is 3.77. The highest BCUT2D eigenvalue weighted by Gasteiger charge is 2.29. The van der Waals surface area contributed by atoms with Crippen molar-refractivity contribution in [2.45, 2.75) is 50.9 Å². The Morgan fingerprint density at radius 3 is 1.90 bits per heavy atom. The summed E-state index contributed by atoms with van der Waals surface area (Å²) in [5.74, 6) is -2.15. The van der Waals surface area contributed by atoms with Gasteiger partial charge in [-0.15, -0.1) is 0 Å². The SMILES string of the molecule is CSCCC(NC(=O)C(CS)NC(=O)C(CC(C)C)NC(=O)C(N)CS)C(=O)O. The quantitative estimate of drug-likeness (QED) is 0.170. The average Bonchev–Trinajstić information content (AvgIpc) is 2.66. The lowest BCUT2D eigenvalue weighted by molar-refractivity contribution is -0.142. The lowest BCUT2D eigenvalue weighted by Crippen LogP contribution is -2.58. The number of carboxylic acid groups (broad SMARTS) is 1. The van der Waals surface area contributed by atoms with Gasteiger partial charge in [0.2, 0.25) is 17.7 Å². The summed E-state index contributed by atoms with van der Waals surface area (Å²) in [7, 11) is 0. The van der Waals surface area contributed by atoms with Crippen LogP contribution in [0.3, 0.4) is 0 Å². The molecule has 0 saturated carbocycles. The van der Waals surface area contributed by atoms with E-state index in [0.29, 0.717) is 12.2 Å². The number of nitrogens with one attached hydrogen (secondary N) is 3. The largest absolute Gasteiger partial charge is 0.480 e. The zero-order chi connectivity index (χ0) is 22.6. The number of hydrogen-bond donors (Lipinski definition) is 7. The Kier molecular flexibility index (Phi) is 14.2. The predicted molar refractivity (Wildman–Crippen MR) is 122 cm³/mol. The normalized spacial score (nSPS) is 15.1. The number of thioether (sulfide) groups is 1. The number of carbonyl (C=O) groups is 4. The van der Waals surface area contributed by atoms with Gasteiger partial charge < -0.3 is 26.8 Å². The van der Waals surface area contributed by atoms with E-state index in [0.717, 1.165) is 0 Å². The van der Waals surface area contributed by atoms with Gasteiger partial charge in [0.25, 0.3) is 0 Å². The molecule has 0 aromatic carbocycles. The number of aliphatic carboxylic acids is 1. The first-order chi connectivity index (χ1) is 13.6. The first-order valence-electron chi connectivity index (χ1n) is 9.17. The van der Waals surface area contributed by atoms with Gasteiger partial charge in [0.15, 0.2) is 0 Å². The molecule has 29 heavy (non-hydrogen) atoms. The molecule has 0 fully saturated rings. The summed E-state index contributed by atoms with van der Waals surface area (Å²) in [6.07, 6.45) is 2.42. The Morgan fingerprint density at radius 2 is 1.45 bits per heavy atom. The van der Waals surface area contributed by atoms with Crippen LogP contribution in [0.2, 0.25) is 0 Å². The molecule has 0 aliphatic carbocycles. The number of nitrogens with two attached hydrogens (primary N) is 1. The summed E-state index contributed by atoms with van der Waals surface area (Å²) in [6, 6.07) is -3.87. The molecule has 168 valence electrons. The molecule has 9 nitrogen and oxygen atoms in total. The fourth-order valence-electron chi connectivity index (χ4n) is 2.30. The number of carboxylic acids is 1. The van der Waals surface area contributed by atoms with Crippen LogP contribution in [0.25, 0.3) is 0 Å². The second kappa shape index (κ2) is 14.8. The van der Waals surface area contributed by atoms with Gasteiger partial charge in [-0.2, -0.15) is 37.0 Å². The van der Waals surface area contributed by atoms with E-state index in [9.17, 15) is 24.3 Å². The molecular weight excluding hydrogens is 436 g/mol. The number of thiol groups is 2. The van der Waals surface area contributed by atoms with Gasteiger partial charge in [-0.25, -0.2) is 4.79 Å². The maximum absolute atomic E-state index is 12.7. The van der Waals surface area contributed by atoms with Crippen molar-refractivity contribution in [1.82, 2.24) is 16.0 Å². The Bertz CT molecular complexity index is 565. The summed E-state index contributed by atoms with van der Waals surface area (Å²) < 4.78 is 0. The van der Waals surface area contributed by atoms with E-state index in [2.05, 4.69) is 41.2 Å². The molecule has 4 atom stereocenters. The van der Waals surface area contributed by atoms with E-state index in [1.807, 2.05) is 20.1 Å². The minimum absolute atomic E-state index is 0.0368. The zero-order valence-electron chi connectivity index (χ0n) is 16.9. The minimum atomic E-state index is -1.15. The summed E-state index contributed by atoms with van der Waals surface area (Å²) in [5.41, 5.74) is 5.64. The van der Waals surface area contributed by atoms with E-state index in [-0.39, 0.29) is 23.8 Å². The monoisotopic (exact) mass is 468 g/mol. The van der Waals surface area contributed by atoms with Crippen molar-refractivity contribution in [1.29, 1.82) is 0 Å². The fraction of sp³-hybridized carbons (Fsp3) is 0.765. The molecule has 6 N–H and O–H groups in total. The maximum atomic E-state index is 12.7. The van der Waals surface area contributed by atoms with E-state index in [1.165, 1.54) is 11.8 Å². The number of amides is 3. The molecular formula is C17H32N4O5S3. The van der Waals surface area contributed by atoms with Crippen molar-refractivity contribution >= 4 is 60.7 Å². The van der Waals surface area contributed by atoms with Crippen LogP contribution in [-0.2, 0) is 19.2 Å². The molecule has 3 amide bonds. The highest BCUT2D eigenvalue weighted by Crippen LogP contribution is 2.07. The van der Waals surface area contributed by atoms with Crippen LogP contribution < -0.4 is 21.7 Å². The topological polar surface area (TPSA) is 151 Å². The van der Waals surface area contributed by atoms with Crippen LogP contribution in [0.15, 0.2) is 0 Å². The Labute approximate surface area is 186 Å². The van der Waals surface area contributed by atoms with E-state index < -0.39 is 47.9 Å². The third-order valence-corrected chi connectivity index (χ3v) is 5.32. The molecule has 0 bridgehead atoms. The molecule has 0 saturated heterocycles. The van der Waals surface area contributed by atoms with Crippen molar-refractivity contribution in [2.24, 2.45) is 11.7 Å². The van der Waals surface area contributed by atoms with Crippen LogP contribution in [0, 0.1) is 5.92 Å². The highest BCUT2D eigenvalue weighted by molar-refractivity contribution is 7.98. The molecule has 0 aliphatic heterocycles. The molecule has 0 spiro atoms. The number of carbonyl (C=O) groups excluding carboxylic acids is 3. The number of hydrogen-bond acceptors (Lipinski definition) is 8. The van der Waals surface area contributed by atoms with Crippen LogP contribution in [0.1, 0.15) is 26.7 Å². The van der Waals surface area contributed by atoms with Gasteiger partial charge in [-0.3, -0.25) is 14.4 Å². The zero-order valence-corrected chi connectivity index (χ0v) is 19.5. The standard InChI is InChI=1S/C17H32N4O5S3/c1-9(2)6-12(20-14(22)10(18)7-27)15(23)21-13(8-28)16(24)19-11(17(25)26)4-5-29-3/h9-13,27-28H,4-8,18H2,1-3H3,(H,19,24)(H,20,22)(H,21,23)(H,25,26). The second-order valence-electron chi connectivity index (χ2n) is 6.90. The molecule has 0 heterocycles. The lowest BCUT2D eigenvalue weighted by Gasteiger charge is -2.25.